The Morgan fingerprint density at radius 1 is 1.08 bits per heavy atom. The van der Waals surface area contributed by atoms with Crippen LogP contribution in [0.2, 0.25) is 0 Å². The van der Waals surface area contributed by atoms with Crippen LogP contribution in [0.5, 0.6) is 0 Å². The molecule has 0 unspecified atom stereocenters. The Morgan fingerprint density at radius 2 is 1.75 bits per heavy atom. The van der Waals surface area contributed by atoms with Crippen LogP contribution in [-0.4, -0.2) is 38.9 Å². The van der Waals surface area contributed by atoms with Gasteiger partial charge in [0.1, 0.15) is 0 Å². The minimum absolute atomic E-state index is 0.0820. The zero-order valence-corrected chi connectivity index (χ0v) is 19.6. The van der Waals surface area contributed by atoms with Gasteiger partial charge in [0, 0.05) is 24.2 Å². The first-order valence-electron chi connectivity index (χ1n) is 11.8. The molecular weight excluding hydrogens is 464 g/mol. The molecule has 11 nitrogen and oxygen atoms in total. The Labute approximate surface area is 206 Å². The molecule has 0 bridgehead atoms. The second-order valence-corrected chi connectivity index (χ2v) is 9.03. The standard InChI is InChI=1S/C25H28N6O5/c26-23(29-34)18-10-11-19-20(12-18)30(14-16-6-8-17(9-7-16)24(27)32)22(21(19)31(35)36)25(33)28-13-15-4-2-1-3-5-15/h6-12,15,34H,1-5,13-14H2,(H2,26,29)(H2,27,32)(H,28,33). The van der Waals surface area contributed by atoms with Crippen LogP contribution >= 0.6 is 0 Å². The van der Waals surface area contributed by atoms with Crippen molar-refractivity contribution < 1.29 is 19.7 Å². The lowest BCUT2D eigenvalue weighted by Gasteiger charge is -2.21. The number of carbonyl (C=O) groups is 2. The lowest BCUT2D eigenvalue weighted by molar-refractivity contribution is -0.383. The van der Waals surface area contributed by atoms with E-state index < -0.39 is 16.7 Å². The molecule has 4 rings (SSSR count). The van der Waals surface area contributed by atoms with Gasteiger partial charge in [-0.3, -0.25) is 19.7 Å². The third kappa shape index (κ3) is 4.99. The average Bonchev–Trinajstić information content (AvgIpc) is 3.21. The number of hydrogen-bond donors (Lipinski definition) is 4. The quantitative estimate of drug-likeness (QED) is 0.123. The number of nitrogens with two attached hydrogens (primary N) is 2. The topological polar surface area (TPSA) is 179 Å². The van der Waals surface area contributed by atoms with Crippen LogP contribution in [0.15, 0.2) is 47.6 Å². The number of amidine groups is 1. The molecule has 1 heterocycles. The SMILES string of the molecule is NC(=O)c1ccc(Cn2c(C(=O)NCC3CCCCC3)c([N+](=O)[O-])c3ccc(C(N)=NO)cc32)cc1. The molecule has 2 aromatic carbocycles. The molecule has 36 heavy (non-hydrogen) atoms. The lowest BCUT2D eigenvalue weighted by Crippen LogP contribution is -2.32. The molecule has 1 fully saturated rings. The monoisotopic (exact) mass is 492 g/mol. The zero-order valence-electron chi connectivity index (χ0n) is 19.6. The van der Waals surface area contributed by atoms with E-state index in [4.69, 9.17) is 16.7 Å². The number of aromatic nitrogens is 1. The molecule has 6 N–H and O–H groups in total. The van der Waals surface area contributed by atoms with Crippen LogP contribution in [0.4, 0.5) is 5.69 Å². The summed E-state index contributed by atoms with van der Waals surface area (Å²) in [5.74, 6) is -0.938. The van der Waals surface area contributed by atoms with Crippen LogP contribution in [0.25, 0.3) is 10.9 Å². The highest BCUT2D eigenvalue weighted by atomic mass is 16.6. The Kier molecular flexibility index (Phi) is 7.18. The van der Waals surface area contributed by atoms with E-state index in [1.165, 1.54) is 18.6 Å². The van der Waals surface area contributed by atoms with Gasteiger partial charge in [0.05, 0.1) is 15.8 Å². The largest absolute Gasteiger partial charge is 0.409 e. The molecular formula is C25H28N6O5. The number of benzene rings is 2. The van der Waals surface area contributed by atoms with Gasteiger partial charge in [-0.15, -0.1) is 0 Å². The van der Waals surface area contributed by atoms with Crippen molar-refractivity contribution in [2.24, 2.45) is 22.5 Å². The lowest BCUT2D eigenvalue weighted by atomic mass is 9.89. The molecule has 11 heteroatoms. The van der Waals surface area contributed by atoms with E-state index in [9.17, 15) is 19.7 Å². The van der Waals surface area contributed by atoms with E-state index in [1.807, 2.05) is 0 Å². The van der Waals surface area contributed by atoms with E-state index in [-0.39, 0.29) is 29.1 Å². The molecule has 3 aromatic rings. The minimum atomic E-state index is -0.574. The summed E-state index contributed by atoms with van der Waals surface area (Å²) in [6.45, 7) is 0.551. The predicted molar refractivity (Wildman–Crippen MR) is 134 cm³/mol. The molecule has 1 aliphatic carbocycles. The van der Waals surface area contributed by atoms with Crippen LogP contribution < -0.4 is 16.8 Å². The maximum Gasteiger partial charge on any atom is 0.307 e. The van der Waals surface area contributed by atoms with Gasteiger partial charge in [-0.1, -0.05) is 42.6 Å². The maximum atomic E-state index is 13.4. The molecule has 188 valence electrons. The Balaban J connectivity index is 1.82. The fourth-order valence-electron chi connectivity index (χ4n) is 4.80. The van der Waals surface area contributed by atoms with Gasteiger partial charge in [0.25, 0.3) is 5.91 Å². The summed E-state index contributed by atoms with van der Waals surface area (Å²) in [6, 6.07) is 11.0. The van der Waals surface area contributed by atoms with Gasteiger partial charge in [-0.2, -0.15) is 0 Å². The van der Waals surface area contributed by atoms with Gasteiger partial charge in [0.2, 0.25) is 5.91 Å². The van der Waals surface area contributed by atoms with Gasteiger partial charge < -0.3 is 26.6 Å². The molecule has 0 radical (unpaired) electrons. The highest BCUT2D eigenvalue weighted by Gasteiger charge is 2.32. The van der Waals surface area contributed by atoms with Crippen molar-refractivity contribution in [3.63, 3.8) is 0 Å². The Hall–Kier alpha value is -4.41. The first kappa shape index (κ1) is 24.7. The molecule has 0 aliphatic heterocycles. The third-order valence-corrected chi connectivity index (χ3v) is 6.69. The molecule has 1 aliphatic rings. The van der Waals surface area contributed by atoms with Crippen molar-refractivity contribution in [2.75, 3.05) is 6.54 Å². The van der Waals surface area contributed by atoms with Crippen molar-refractivity contribution >= 4 is 34.2 Å². The van der Waals surface area contributed by atoms with Crippen LogP contribution in [0, 0.1) is 16.0 Å². The number of nitrogens with zero attached hydrogens (tertiary/aromatic N) is 3. The van der Waals surface area contributed by atoms with Crippen molar-refractivity contribution in [1.82, 2.24) is 9.88 Å². The molecule has 1 saturated carbocycles. The van der Waals surface area contributed by atoms with Crippen molar-refractivity contribution in [2.45, 2.75) is 38.6 Å². The van der Waals surface area contributed by atoms with Crippen LogP contribution in [0.3, 0.4) is 0 Å². The number of hydrogen-bond acceptors (Lipinski definition) is 6. The summed E-state index contributed by atoms with van der Waals surface area (Å²) in [4.78, 5) is 36.5. The number of amides is 2. The highest BCUT2D eigenvalue weighted by Crippen LogP contribution is 2.35. The van der Waals surface area contributed by atoms with E-state index >= 15 is 0 Å². The summed E-state index contributed by atoms with van der Waals surface area (Å²) < 4.78 is 1.55. The second-order valence-electron chi connectivity index (χ2n) is 9.03. The number of oxime groups is 1. The summed E-state index contributed by atoms with van der Waals surface area (Å²) in [5.41, 5.74) is 12.4. The van der Waals surface area contributed by atoms with Gasteiger partial charge in [-0.05, 0) is 48.6 Å². The predicted octanol–water partition coefficient (Wildman–Crippen LogP) is 3.10. The normalized spacial score (nSPS) is 14.6. The average molecular weight is 493 g/mol. The van der Waals surface area contributed by atoms with Gasteiger partial charge in [-0.25, -0.2) is 0 Å². The molecule has 0 atom stereocenters. The molecule has 0 spiro atoms. The zero-order chi connectivity index (χ0) is 25.8. The third-order valence-electron chi connectivity index (χ3n) is 6.69. The highest BCUT2D eigenvalue weighted by molar-refractivity contribution is 6.08. The van der Waals surface area contributed by atoms with E-state index in [0.29, 0.717) is 34.7 Å². The van der Waals surface area contributed by atoms with Crippen molar-refractivity contribution in [3.8, 4) is 0 Å². The maximum absolute atomic E-state index is 13.4. The van der Waals surface area contributed by atoms with E-state index in [1.54, 1.807) is 34.9 Å². The molecule has 1 aromatic heterocycles. The Bertz CT molecular complexity index is 1340. The van der Waals surface area contributed by atoms with Crippen LogP contribution in [-0.2, 0) is 6.54 Å². The first-order valence-corrected chi connectivity index (χ1v) is 11.8. The fraction of sp³-hybridized carbons (Fsp3) is 0.320. The molecule has 2 amide bonds. The smallest absolute Gasteiger partial charge is 0.307 e. The number of nitrogens with one attached hydrogen (secondary N) is 1. The Morgan fingerprint density at radius 3 is 2.36 bits per heavy atom. The number of nitro groups is 1. The second kappa shape index (κ2) is 10.5. The van der Waals surface area contributed by atoms with E-state index in [0.717, 1.165) is 25.7 Å². The first-order chi connectivity index (χ1) is 17.3. The van der Waals surface area contributed by atoms with Crippen molar-refractivity contribution in [1.29, 1.82) is 0 Å². The minimum Gasteiger partial charge on any atom is -0.409 e. The number of rotatable bonds is 8. The van der Waals surface area contributed by atoms with Crippen molar-refractivity contribution in [3.05, 3.63) is 75.0 Å². The number of fused-ring (bicyclic) bond motifs is 1. The molecule has 0 saturated heterocycles. The number of carbonyl (C=O) groups excluding carboxylic acids is 2. The van der Waals surface area contributed by atoms with Gasteiger partial charge in [0.15, 0.2) is 11.5 Å². The summed E-state index contributed by atoms with van der Waals surface area (Å²) in [7, 11) is 0. The van der Waals surface area contributed by atoms with Crippen LogP contribution in [0.1, 0.15) is 64.1 Å². The van der Waals surface area contributed by atoms with E-state index in [2.05, 4.69) is 10.5 Å². The number of primary amides is 1. The fourth-order valence-corrected chi connectivity index (χ4v) is 4.80. The van der Waals surface area contributed by atoms with Gasteiger partial charge >= 0.3 is 5.69 Å². The summed E-state index contributed by atoms with van der Waals surface area (Å²) in [6.07, 6.45) is 5.43. The summed E-state index contributed by atoms with van der Waals surface area (Å²) in [5, 5.41) is 27.5. The summed E-state index contributed by atoms with van der Waals surface area (Å²) >= 11 is 0.